The molecule has 1 saturated heterocycles. The van der Waals surface area contributed by atoms with Crippen LogP contribution in [0.25, 0.3) is 11.0 Å². The summed E-state index contributed by atoms with van der Waals surface area (Å²) in [4.78, 5) is 43.6. The summed E-state index contributed by atoms with van der Waals surface area (Å²) in [6.45, 7) is 11.4. The van der Waals surface area contributed by atoms with Crippen LogP contribution in [0.5, 0.6) is 5.75 Å². The van der Waals surface area contributed by atoms with E-state index in [1.54, 1.807) is 27.9 Å². The molecule has 0 unspecified atom stereocenters. The molecule has 226 valence electrons. The summed E-state index contributed by atoms with van der Waals surface area (Å²) >= 11 is 0. The van der Waals surface area contributed by atoms with Gasteiger partial charge in [0, 0.05) is 50.4 Å². The highest BCUT2D eigenvalue weighted by Crippen LogP contribution is 2.31. The molecule has 3 aromatic heterocycles. The summed E-state index contributed by atoms with van der Waals surface area (Å²) in [5.74, 6) is 1.25. The lowest BCUT2D eigenvalue weighted by molar-refractivity contribution is 0.0240. The van der Waals surface area contributed by atoms with Crippen molar-refractivity contribution in [2.24, 2.45) is 0 Å². The van der Waals surface area contributed by atoms with Crippen molar-refractivity contribution in [3.8, 4) is 5.75 Å². The van der Waals surface area contributed by atoms with E-state index < -0.39 is 5.60 Å². The molecule has 5 rings (SSSR count). The average molecular weight is 580 g/mol. The van der Waals surface area contributed by atoms with E-state index in [0.717, 1.165) is 36.8 Å². The van der Waals surface area contributed by atoms with Crippen molar-refractivity contribution < 1.29 is 19.0 Å². The second-order valence-electron chi connectivity index (χ2n) is 11.6. The number of nitrogens with zero attached hydrogens (tertiary/aromatic N) is 6. The van der Waals surface area contributed by atoms with Crippen LogP contribution in [0.3, 0.4) is 0 Å². The van der Waals surface area contributed by atoms with Crippen LogP contribution >= 0.6 is 0 Å². The molecule has 0 atom stereocenters. The molecular weight excluding hydrogens is 538 g/mol. The Bertz CT molecular complexity index is 1420. The van der Waals surface area contributed by atoms with Crippen LogP contribution in [0.2, 0.25) is 0 Å². The Balaban J connectivity index is 1.28. The van der Waals surface area contributed by atoms with Crippen LogP contribution in [0.4, 0.5) is 22.2 Å². The third-order valence-electron chi connectivity index (χ3n) is 7.40. The van der Waals surface area contributed by atoms with Gasteiger partial charge in [-0.05, 0) is 58.7 Å². The van der Waals surface area contributed by atoms with Crippen molar-refractivity contribution in [1.29, 1.82) is 0 Å². The molecule has 2 fully saturated rings. The zero-order chi connectivity index (χ0) is 29.7. The summed E-state index contributed by atoms with van der Waals surface area (Å²) < 4.78 is 18.4. The second-order valence-corrected chi connectivity index (χ2v) is 11.6. The maximum atomic E-state index is 13.5. The Kier molecular flexibility index (Phi) is 9.10. The van der Waals surface area contributed by atoms with Gasteiger partial charge in [-0.2, -0.15) is 4.98 Å². The number of hydrogen-bond acceptors (Lipinski definition) is 10. The Morgan fingerprint density at radius 3 is 2.48 bits per heavy atom. The molecule has 1 aliphatic carbocycles. The molecule has 0 radical (unpaired) electrons. The van der Waals surface area contributed by atoms with Crippen LogP contribution in [0, 0.1) is 0 Å². The number of carbonyl (C=O) groups is 1. The SMILES string of the molecule is CCOCCOc1cc2cnc(Nc3ccc(N4CCN(C(=O)OC(C)(C)C)CC4)cn3)nc2n(C2CCCC2)c1=O. The number of piperazine rings is 1. The third-order valence-corrected chi connectivity index (χ3v) is 7.40. The first kappa shape index (κ1) is 29.6. The van der Waals surface area contributed by atoms with Crippen molar-refractivity contribution in [1.82, 2.24) is 24.4 Å². The van der Waals surface area contributed by atoms with Gasteiger partial charge in [-0.3, -0.25) is 9.36 Å². The van der Waals surface area contributed by atoms with E-state index in [9.17, 15) is 9.59 Å². The van der Waals surface area contributed by atoms with E-state index in [1.807, 2.05) is 39.8 Å². The predicted octanol–water partition coefficient (Wildman–Crippen LogP) is 4.52. The second kappa shape index (κ2) is 12.9. The first-order valence-electron chi connectivity index (χ1n) is 14.8. The predicted molar refractivity (Wildman–Crippen MR) is 161 cm³/mol. The zero-order valence-corrected chi connectivity index (χ0v) is 25.0. The summed E-state index contributed by atoms with van der Waals surface area (Å²) in [6.07, 6.45) is 7.25. The maximum Gasteiger partial charge on any atom is 0.410 e. The monoisotopic (exact) mass is 579 g/mol. The average Bonchev–Trinajstić information content (AvgIpc) is 3.50. The zero-order valence-electron chi connectivity index (χ0n) is 25.0. The van der Waals surface area contributed by atoms with Crippen molar-refractivity contribution in [3.63, 3.8) is 0 Å². The molecule has 0 spiro atoms. The van der Waals surface area contributed by atoms with Gasteiger partial charge in [-0.25, -0.2) is 14.8 Å². The lowest BCUT2D eigenvalue weighted by Crippen LogP contribution is -2.50. The van der Waals surface area contributed by atoms with Gasteiger partial charge in [0.05, 0.1) is 18.5 Å². The number of pyridine rings is 2. The van der Waals surface area contributed by atoms with Crippen molar-refractivity contribution in [2.45, 2.75) is 65.0 Å². The molecule has 1 saturated carbocycles. The number of nitrogens with one attached hydrogen (secondary N) is 1. The molecule has 0 aromatic carbocycles. The Morgan fingerprint density at radius 1 is 1.05 bits per heavy atom. The van der Waals surface area contributed by atoms with E-state index in [0.29, 0.717) is 69.2 Å². The summed E-state index contributed by atoms with van der Waals surface area (Å²) in [6, 6.07) is 5.66. The van der Waals surface area contributed by atoms with Gasteiger partial charge in [0.25, 0.3) is 5.56 Å². The fourth-order valence-electron chi connectivity index (χ4n) is 5.35. The highest BCUT2D eigenvalue weighted by Gasteiger charge is 2.26. The van der Waals surface area contributed by atoms with E-state index in [4.69, 9.17) is 19.2 Å². The summed E-state index contributed by atoms with van der Waals surface area (Å²) in [5, 5.41) is 3.93. The lowest BCUT2D eigenvalue weighted by Gasteiger charge is -2.36. The standard InChI is InChI=1S/C30H41N7O5/c1-5-40-16-17-41-24-18-21-19-32-28(34-26(21)37(27(24)38)22-8-6-7-9-22)33-25-11-10-23(20-31-25)35-12-14-36(15-13-35)29(39)42-30(2,3)4/h10-11,18-20,22H,5-9,12-17H2,1-4H3,(H,31,32,33,34). The van der Waals surface area contributed by atoms with Crippen LogP contribution in [0.15, 0.2) is 35.4 Å². The van der Waals surface area contributed by atoms with Gasteiger partial charge >= 0.3 is 6.09 Å². The van der Waals surface area contributed by atoms with Gasteiger partial charge in [-0.1, -0.05) is 12.8 Å². The number of ether oxygens (including phenoxy) is 3. The summed E-state index contributed by atoms with van der Waals surface area (Å²) in [7, 11) is 0. The minimum absolute atomic E-state index is 0.0754. The van der Waals surface area contributed by atoms with Gasteiger partial charge in [0.1, 0.15) is 23.7 Å². The Morgan fingerprint density at radius 2 is 1.81 bits per heavy atom. The molecule has 1 amide bonds. The van der Waals surface area contributed by atoms with E-state index in [-0.39, 0.29) is 17.7 Å². The Labute approximate surface area is 246 Å². The first-order chi connectivity index (χ1) is 20.2. The molecule has 42 heavy (non-hydrogen) atoms. The quantitative estimate of drug-likeness (QED) is 0.362. The molecule has 2 aliphatic rings. The number of rotatable bonds is 9. The van der Waals surface area contributed by atoms with Crippen molar-refractivity contribution in [3.05, 3.63) is 40.9 Å². The molecule has 12 nitrogen and oxygen atoms in total. The normalized spacial score (nSPS) is 16.2. The van der Waals surface area contributed by atoms with Crippen LogP contribution < -0.4 is 20.5 Å². The highest BCUT2D eigenvalue weighted by atomic mass is 16.6. The topological polar surface area (TPSA) is 124 Å². The fraction of sp³-hybridized carbons (Fsp3) is 0.567. The Hall–Kier alpha value is -3.93. The largest absolute Gasteiger partial charge is 0.485 e. The van der Waals surface area contributed by atoms with Crippen LogP contribution in [-0.4, -0.2) is 82.1 Å². The molecule has 12 heteroatoms. The summed E-state index contributed by atoms with van der Waals surface area (Å²) in [5.41, 5.74) is 0.867. The molecular formula is C30H41N7O5. The number of fused-ring (bicyclic) bond motifs is 1. The fourth-order valence-corrected chi connectivity index (χ4v) is 5.35. The molecule has 1 aliphatic heterocycles. The van der Waals surface area contributed by atoms with Crippen molar-refractivity contribution >= 4 is 34.6 Å². The number of aromatic nitrogens is 4. The third kappa shape index (κ3) is 7.10. The van der Waals surface area contributed by atoms with Gasteiger partial charge in [0.15, 0.2) is 5.75 Å². The lowest BCUT2D eigenvalue weighted by atomic mass is 10.2. The minimum atomic E-state index is -0.509. The number of anilines is 3. The van der Waals surface area contributed by atoms with E-state index >= 15 is 0 Å². The van der Waals surface area contributed by atoms with Crippen LogP contribution in [0.1, 0.15) is 59.4 Å². The molecule has 0 bridgehead atoms. The minimum Gasteiger partial charge on any atom is -0.485 e. The van der Waals surface area contributed by atoms with E-state index in [1.165, 1.54) is 0 Å². The van der Waals surface area contributed by atoms with Crippen molar-refractivity contribution in [2.75, 3.05) is 56.2 Å². The maximum absolute atomic E-state index is 13.5. The highest BCUT2D eigenvalue weighted by molar-refractivity contribution is 5.77. The smallest absolute Gasteiger partial charge is 0.410 e. The van der Waals surface area contributed by atoms with Gasteiger partial charge in [0.2, 0.25) is 5.95 Å². The molecule has 1 N–H and O–H groups in total. The van der Waals surface area contributed by atoms with Gasteiger partial charge in [-0.15, -0.1) is 0 Å². The molecule has 3 aromatic rings. The first-order valence-corrected chi connectivity index (χ1v) is 14.8. The molecule has 4 heterocycles. The van der Waals surface area contributed by atoms with Gasteiger partial charge < -0.3 is 29.3 Å². The van der Waals surface area contributed by atoms with E-state index in [2.05, 4.69) is 20.2 Å². The number of hydrogen-bond donors (Lipinski definition) is 1. The number of amides is 1. The van der Waals surface area contributed by atoms with Crippen LogP contribution in [-0.2, 0) is 9.47 Å². The number of carbonyl (C=O) groups excluding carboxylic acids is 1.